The molecule has 10 rings (SSSR count). The standard InChI is InChI=1S/C49H33N3S2/c1-52-40-26-27-41(52)47(33-16-8-3-9-17-33)37-23-25-39(51-37)49(35-20-12-5-13-21-35)45-31-29-43(54-45)42-28-30-44(53-42)48(34-18-10-4-11-19-34)38-24-22-36(50-38)46(40)32-14-6-2-7-15-32/h2-31H,1H3. The van der Waals surface area contributed by atoms with Crippen LogP contribution in [0.5, 0.6) is 0 Å². The lowest BCUT2D eigenvalue weighted by Gasteiger charge is -2.10. The number of rotatable bonds is 4. The fourth-order valence-corrected chi connectivity index (χ4v) is 9.86. The molecule has 0 N–H and O–H groups in total. The van der Waals surface area contributed by atoms with Gasteiger partial charge >= 0.3 is 0 Å². The van der Waals surface area contributed by atoms with E-state index in [2.05, 4.69) is 194 Å². The molecule has 54 heavy (non-hydrogen) atoms. The summed E-state index contributed by atoms with van der Waals surface area (Å²) in [7, 11) is 2.16. The van der Waals surface area contributed by atoms with Gasteiger partial charge in [-0.05, 0) is 83.0 Å². The summed E-state index contributed by atoms with van der Waals surface area (Å²) in [5.74, 6) is 0. The van der Waals surface area contributed by atoms with Crippen LogP contribution in [0.1, 0.15) is 22.8 Å². The molecular weight excluding hydrogens is 695 g/mol. The number of nitrogens with zero attached hydrogens (tertiary/aromatic N) is 3. The first-order valence-corrected chi connectivity index (χ1v) is 19.7. The number of benzene rings is 4. The third-order valence-electron chi connectivity index (χ3n) is 10.1. The zero-order valence-corrected chi connectivity index (χ0v) is 31.1. The molecule has 256 valence electrons. The summed E-state index contributed by atoms with van der Waals surface area (Å²) in [4.78, 5) is 10.9. The zero-order valence-electron chi connectivity index (χ0n) is 29.5. The molecule has 0 spiro atoms. The van der Waals surface area contributed by atoms with Gasteiger partial charge in [-0.25, -0.2) is 9.97 Å². The van der Waals surface area contributed by atoms with Gasteiger partial charge in [0.15, 0.2) is 0 Å². The van der Waals surface area contributed by atoms with Crippen molar-refractivity contribution in [1.29, 1.82) is 0 Å². The normalized spacial score (nSPS) is 12.0. The van der Waals surface area contributed by atoms with E-state index in [1.165, 1.54) is 18.8 Å². The van der Waals surface area contributed by atoms with E-state index < -0.39 is 0 Å². The summed E-state index contributed by atoms with van der Waals surface area (Å²) < 4.78 is 7.15. The summed E-state index contributed by atoms with van der Waals surface area (Å²) >= 11 is 3.64. The van der Waals surface area contributed by atoms with Gasteiger partial charge < -0.3 is 4.57 Å². The summed E-state index contributed by atoms with van der Waals surface area (Å²) in [6.45, 7) is 0. The molecule has 0 saturated heterocycles. The first-order chi connectivity index (χ1) is 26.7. The highest BCUT2D eigenvalue weighted by Gasteiger charge is 2.19. The second-order valence-electron chi connectivity index (χ2n) is 13.4. The van der Waals surface area contributed by atoms with Crippen LogP contribution in [-0.2, 0) is 7.05 Å². The number of hydrogen-bond acceptors (Lipinski definition) is 4. The van der Waals surface area contributed by atoms with E-state index in [9.17, 15) is 0 Å². The largest absolute Gasteiger partial charge is 0.343 e. The van der Waals surface area contributed by atoms with Crippen molar-refractivity contribution in [2.24, 2.45) is 7.05 Å². The molecule has 3 nitrogen and oxygen atoms in total. The highest BCUT2D eigenvalue weighted by Crippen LogP contribution is 2.41. The lowest BCUT2D eigenvalue weighted by atomic mass is 10.0. The smallest absolute Gasteiger partial charge is 0.0737 e. The van der Waals surface area contributed by atoms with Crippen LogP contribution in [0.4, 0.5) is 0 Å². The molecule has 6 heterocycles. The predicted molar refractivity (Wildman–Crippen MR) is 233 cm³/mol. The number of hydrogen-bond donors (Lipinski definition) is 0. The topological polar surface area (TPSA) is 30.7 Å². The van der Waals surface area contributed by atoms with Gasteiger partial charge in [-0.2, -0.15) is 0 Å². The van der Waals surface area contributed by atoms with Crippen molar-refractivity contribution in [3.63, 3.8) is 0 Å². The molecule has 2 aliphatic heterocycles. The minimum atomic E-state index is 0.937. The Morgan fingerprint density at radius 1 is 0.333 bits per heavy atom. The van der Waals surface area contributed by atoms with E-state index in [1.54, 1.807) is 0 Å². The molecule has 0 atom stereocenters. The van der Waals surface area contributed by atoms with E-state index in [4.69, 9.17) is 9.97 Å². The molecule has 4 aromatic carbocycles. The Balaban J connectivity index is 1.41. The zero-order chi connectivity index (χ0) is 36.0. The fraction of sp³-hybridized carbons (Fsp3) is 0.0204. The molecule has 0 fully saturated rings. The number of thiophene rings is 2. The van der Waals surface area contributed by atoms with Crippen molar-refractivity contribution in [1.82, 2.24) is 14.5 Å². The SMILES string of the molecule is Cn1c2ccc1c(-c1ccccc1)c1nc(c(-c3ccccc3)c3ccc(s3)c3ccc(s3)c(-c3ccccc3)c3nc(c2-c2ccccc2)C=C3)C=C1. The molecule has 0 amide bonds. The third kappa shape index (κ3) is 5.66. The highest BCUT2D eigenvalue weighted by atomic mass is 32.1. The van der Waals surface area contributed by atoms with Crippen molar-refractivity contribution < 1.29 is 0 Å². The Labute approximate surface area is 321 Å². The van der Waals surface area contributed by atoms with Gasteiger partial charge in [0.2, 0.25) is 0 Å². The van der Waals surface area contributed by atoms with Crippen LogP contribution >= 0.6 is 22.7 Å². The number of aromatic nitrogens is 3. The maximum atomic E-state index is 5.46. The Hall–Kier alpha value is -6.40. The molecular formula is C49H33N3S2. The van der Waals surface area contributed by atoms with Crippen LogP contribution in [0.2, 0.25) is 0 Å². The molecule has 2 aliphatic rings. The molecule has 4 aromatic heterocycles. The van der Waals surface area contributed by atoms with Crippen molar-refractivity contribution in [3.8, 4) is 44.5 Å². The van der Waals surface area contributed by atoms with Crippen LogP contribution < -0.4 is 0 Å². The molecule has 5 heteroatoms. The Morgan fingerprint density at radius 3 is 0.981 bits per heavy atom. The minimum absolute atomic E-state index is 0.937. The van der Waals surface area contributed by atoms with Gasteiger partial charge in [0, 0.05) is 48.1 Å². The monoisotopic (exact) mass is 727 g/mol. The molecule has 0 aliphatic carbocycles. The maximum absolute atomic E-state index is 5.46. The lowest BCUT2D eigenvalue weighted by molar-refractivity contribution is 1.01. The number of fused-ring (bicyclic) bond motifs is 11. The fourth-order valence-electron chi connectivity index (χ4n) is 7.61. The van der Waals surface area contributed by atoms with Crippen molar-refractivity contribution >= 4 is 76.8 Å². The van der Waals surface area contributed by atoms with Crippen LogP contribution in [0, 0.1) is 0 Å². The maximum Gasteiger partial charge on any atom is 0.0737 e. The predicted octanol–water partition coefficient (Wildman–Crippen LogP) is 13.8. The van der Waals surface area contributed by atoms with Crippen LogP contribution in [0.3, 0.4) is 0 Å². The van der Waals surface area contributed by atoms with Crippen molar-refractivity contribution in [2.75, 3.05) is 0 Å². The molecule has 0 radical (unpaired) electrons. The first-order valence-electron chi connectivity index (χ1n) is 18.1. The highest BCUT2D eigenvalue weighted by molar-refractivity contribution is 7.31. The molecule has 8 aromatic rings. The van der Waals surface area contributed by atoms with E-state index in [-0.39, 0.29) is 0 Å². The van der Waals surface area contributed by atoms with Gasteiger partial charge in [-0.1, -0.05) is 121 Å². The third-order valence-corrected chi connectivity index (χ3v) is 12.5. The van der Waals surface area contributed by atoms with Gasteiger partial charge in [0.05, 0.1) is 33.8 Å². The van der Waals surface area contributed by atoms with Gasteiger partial charge in [-0.15, -0.1) is 22.7 Å². The Kier molecular flexibility index (Phi) is 8.09. The van der Waals surface area contributed by atoms with Gasteiger partial charge in [0.1, 0.15) is 0 Å². The summed E-state index contributed by atoms with van der Waals surface area (Å²) in [5.41, 5.74) is 14.9. The Morgan fingerprint density at radius 2 is 0.630 bits per heavy atom. The number of aryl methyl sites for hydroxylation is 1. The molecule has 10 bridgehead atoms. The van der Waals surface area contributed by atoms with Crippen LogP contribution in [0.25, 0.3) is 98.6 Å². The average molecular weight is 728 g/mol. The lowest BCUT2D eigenvalue weighted by Crippen LogP contribution is -1.94. The first kappa shape index (κ1) is 32.3. The summed E-state index contributed by atoms with van der Waals surface area (Å²) in [5, 5.41) is 0. The average Bonchev–Trinajstić information content (AvgIpc) is 4.08. The van der Waals surface area contributed by atoms with Crippen LogP contribution in [0.15, 0.2) is 158 Å². The van der Waals surface area contributed by atoms with Gasteiger partial charge in [-0.3, -0.25) is 0 Å². The van der Waals surface area contributed by atoms with Crippen molar-refractivity contribution in [2.45, 2.75) is 0 Å². The van der Waals surface area contributed by atoms with Gasteiger partial charge in [0.25, 0.3) is 0 Å². The van der Waals surface area contributed by atoms with E-state index in [0.29, 0.717) is 0 Å². The second-order valence-corrected chi connectivity index (χ2v) is 15.6. The Bertz CT molecular complexity index is 2770. The molecule has 0 saturated carbocycles. The van der Waals surface area contributed by atoms with Crippen LogP contribution in [-0.4, -0.2) is 14.5 Å². The van der Waals surface area contributed by atoms with E-state index >= 15 is 0 Å². The van der Waals surface area contributed by atoms with E-state index in [1.807, 2.05) is 22.7 Å². The molecule has 0 unspecified atom stereocenters. The minimum Gasteiger partial charge on any atom is -0.343 e. The summed E-state index contributed by atoms with van der Waals surface area (Å²) in [6.07, 6.45) is 8.73. The van der Waals surface area contributed by atoms with Crippen molar-refractivity contribution in [3.05, 3.63) is 181 Å². The van der Waals surface area contributed by atoms with E-state index in [0.717, 1.165) is 78.3 Å². The second kappa shape index (κ2) is 13.5. The quantitative estimate of drug-likeness (QED) is 0.181. The summed E-state index contributed by atoms with van der Waals surface area (Å²) in [6, 6.07) is 56.1.